The van der Waals surface area contributed by atoms with Crippen molar-refractivity contribution in [3.05, 3.63) is 126 Å². The van der Waals surface area contributed by atoms with Gasteiger partial charge in [-0.2, -0.15) is 0 Å². The molecule has 178 valence electrons. The second kappa shape index (κ2) is 8.38. The average Bonchev–Trinajstić information content (AvgIpc) is 3.08. The van der Waals surface area contributed by atoms with Crippen LogP contribution in [0, 0.1) is 0 Å². The molecule has 0 heterocycles. The molecule has 0 aliphatic heterocycles. The third kappa shape index (κ3) is 3.80. The molecule has 0 unspecified atom stereocenters. The topological polar surface area (TPSA) is 3.24 Å². The summed E-state index contributed by atoms with van der Waals surface area (Å²) in [5.74, 6) is 0. The van der Waals surface area contributed by atoms with E-state index < -0.39 is 0 Å². The van der Waals surface area contributed by atoms with Crippen LogP contribution in [0.2, 0.25) is 0 Å². The number of hydrogen-bond acceptors (Lipinski definition) is 1. The summed E-state index contributed by atoms with van der Waals surface area (Å²) in [5.41, 5.74) is 9.41. The summed E-state index contributed by atoms with van der Waals surface area (Å²) in [7, 11) is 0. The van der Waals surface area contributed by atoms with E-state index in [0.29, 0.717) is 0 Å². The molecule has 6 rings (SSSR count). The minimum atomic E-state index is 0.175. The largest absolute Gasteiger partial charge is 0.310 e. The van der Waals surface area contributed by atoms with Gasteiger partial charge in [0.2, 0.25) is 0 Å². The van der Waals surface area contributed by atoms with Crippen LogP contribution in [0.5, 0.6) is 0 Å². The van der Waals surface area contributed by atoms with Crippen molar-refractivity contribution in [3.8, 4) is 11.1 Å². The van der Waals surface area contributed by atoms with Crippen molar-refractivity contribution in [2.24, 2.45) is 0 Å². The first-order chi connectivity index (χ1) is 17.3. The van der Waals surface area contributed by atoms with Crippen LogP contribution in [0.4, 0.5) is 17.1 Å². The molecule has 1 nitrogen and oxygen atoms in total. The molecular formula is C35H33N. The number of hydrogen-bond donors (Lipinski definition) is 0. The monoisotopic (exact) mass is 467 g/mol. The summed E-state index contributed by atoms with van der Waals surface area (Å²) in [4.78, 5) is 2.38. The molecule has 0 N–H and O–H groups in total. The summed E-state index contributed by atoms with van der Waals surface area (Å²) in [6, 6.07) is 42.0. The van der Waals surface area contributed by atoms with Gasteiger partial charge in [-0.15, -0.1) is 0 Å². The van der Waals surface area contributed by atoms with E-state index in [1.165, 1.54) is 45.1 Å². The standard InChI is InChI=1S/C35H33N/c1-34(2)24-35(3,4)32-22-25(19-20-31(32)34)27-21-26-13-11-12-18-30(26)33(23-27)36(28-14-7-5-8-15-28)29-16-9-6-10-17-29/h5-23H,24H2,1-4H3. The smallest absolute Gasteiger partial charge is 0.0546 e. The Hall–Kier alpha value is -3.84. The van der Waals surface area contributed by atoms with Crippen molar-refractivity contribution >= 4 is 27.8 Å². The van der Waals surface area contributed by atoms with E-state index >= 15 is 0 Å². The van der Waals surface area contributed by atoms with E-state index in [0.717, 1.165) is 11.4 Å². The average molecular weight is 468 g/mol. The lowest BCUT2D eigenvalue weighted by molar-refractivity contribution is 0.403. The summed E-state index contributed by atoms with van der Waals surface area (Å²) in [6.45, 7) is 9.55. The highest BCUT2D eigenvalue weighted by molar-refractivity contribution is 6.02. The van der Waals surface area contributed by atoms with Gasteiger partial charge < -0.3 is 4.90 Å². The zero-order chi connectivity index (χ0) is 24.9. The van der Waals surface area contributed by atoms with Gasteiger partial charge >= 0.3 is 0 Å². The molecule has 1 aliphatic carbocycles. The fourth-order valence-electron chi connectivity index (χ4n) is 6.39. The van der Waals surface area contributed by atoms with E-state index in [1.54, 1.807) is 0 Å². The molecule has 5 aromatic rings. The van der Waals surface area contributed by atoms with Gasteiger partial charge in [-0.3, -0.25) is 0 Å². The third-order valence-corrected chi connectivity index (χ3v) is 7.80. The van der Waals surface area contributed by atoms with Crippen LogP contribution in [-0.4, -0.2) is 0 Å². The fraction of sp³-hybridized carbons (Fsp3) is 0.200. The molecule has 0 bridgehead atoms. The Bertz CT molecular complexity index is 1510. The Morgan fingerprint density at radius 1 is 0.528 bits per heavy atom. The van der Waals surface area contributed by atoms with Gasteiger partial charge in [0.25, 0.3) is 0 Å². The van der Waals surface area contributed by atoms with Gasteiger partial charge in [0.15, 0.2) is 0 Å². The maximum absolute atomic E-state index is 2.45. The Balaban J connectivity index is 1.59. The van der Waals surface area contributed by atoms with E-state index in [1.807, 2.05) is 0 Å². The second-order valence-electron chi connectivity index (χ2n) is 11.4. The highest BCUT2D eigenvalue weighted by Crippen LogP contribution is 2.50. The van der Waals surface area contributed by atoms with Gasteiger partial charge in [0.05, 0.1) is 5.69 Å². The molecule has 0 fully saturated rings. The molecule has 1 heteroatoms. The van der Waals surface area contributed by atoms with E-state index in [2.05, 4.69) is 148 Å². The minimum absolute atomic E-state index is 0.175. The van der Waals surface area contributed by atoms with Crippen LogP contribution in [0.1, 0.15) is 45.2 Å². The first-order valence-corrected chi connectivity index (χ1v) is 12.9. The van der Waals surface area contributed by atoms with Crippen molar-refractivity contribution in [1.29, 1.82) is 0 Å². The van der Waals surface area contributed by atoms with Crippen molar-refractivity contribution in [1.82, 2.24) is 0 Å². The van der Waals surface area contributed by atoms with Gasteiger partial charge in [-0.25, -0.2) is 0 Å². The van der Waals surface area contributed by atoms with Crippen LogP contribution in [-0.2, 0) is 10.8 Å². The zero-order valence-electron chi connectivity index (χ0n) is 21.6. The maximum Gasteiger partial charge on any atom is 0.0546 e. The lowest BCUT2D eigenvalue weighted by Gasteiger charge is -2.27. The summed E-state index contributed by atoms with van der Waals surface area (Å²) in [6.07, 6.45) is 1.18. The van der Waals surface area contributed by atoms with E-state index in [4.69, 9.17) is 0 Å². The summed E-state index contributed by atoms with van der Waals surface area (Å²) >= 11 is 0. The normalized spacial score (nSPS) is 15.6. The SMILES string of the molecule is CC1(C)CC(C)(C)c2cc(-c3cc(N(c4ccccc4)c4ccccc4)c4ccccc4c3)ccc21. The van der Waals surface area contributed by atoms with Crippen molar-refractivity contribution in [3.63, 3.8) is 0 Å². The molecule has 36 heavy (non-hydrogen) atoms. The van der Waals surface area contributed by atoms with Crippen LogP contribution in [0.15, 0.2) is 115 Å². The predicted molar refractivity (Wildman–Crippen MR) is 155 cm³/mol. The maximum atomic E-state index is 2.45. The summed E-state index contributed by atoms with van der Waals surface area (Å²) in [5, 5.41) is 2.50. The molecular weight excluding hydrogens is 434 g/mol. The quantitative estimate of drug-likeness (QED) is 0.254. The van der Waals surface area contributed by atoms with Gasteiger partial charge in [0, 0.05) is 16.8 Å². The minimum Gasteiger partial charge on any atom is -0.310 e. The highest BCUT2D eigenvalue weighted by Gasteiger charge is 2.41. The number of nitrogens with zero attached hydrogens (tertiary/aromatic N) is 1. The van der Waals surface area contributed by atoms with Crippen molar-refractivity contribution in [2.45, 2.75) is 44.9 Å². The fourth-order valence-corrected chi connectivity index (χ4v) is 6.39. The second-order valence-corrected chi connectivity index (χ2v) is 11.4. The molecule has 0 radical (unpaired) electrons. The lowest BCUT2D eigenvalue weighted by atomic mass is 9.82. The third-order valence-electron chi connectivity index (χ3n) is 7.80. The molecule has 0 atom stereocenters. The first kappa shape index (κ1) is 22.6. The predicted octanol–water partition coefficient (Wildman–Crippen LogP) is 9.94. The zero-order valence-corrected chi connectivity index (χ0v) is 21.6. The Morgan fingerprint density at radius 2 is 1.11 bits per heavy atom. The Labute approximate surface area is 215 Å². The van der Waals surface area contributed by atoms with E-state index in [-0.39, 0.29) is 10.8 Å². The molecule has 0 saturated carbocycles. The molecule has 5 aromatic carbocycles. The van der Waals surface area contributed by atoms with E-state index in [9.17, 15) is 0 Å². The molecule has 0 amide bonds. The summed E-state index contributed by atoms with van der Waals surface area (Å²) < 4.78 is 0. The van der Waals surface area contributed by atoms with Gasteiger partial charge in [0.1, 0.15) is 0 Å². The van der Waals surface area contributed by atoms with Crippen LogP contribution < -0.4 is 4.90 Å². The number of fused-ring (bicyclic) bond motifs is 2. The van der Waals surface area contributed by atoms with Crippen molar-refractivity contribution < 1.29 is 0 Å². The Morgan fingerprint density at radius 3 is 1.78 bits per heavy atom. The number of rotatable bonds is 4. The van der Waals surface area contributed by atoms with Crippen LogP contribution >= 0.6 is 0 Å². The Kier molecular flexibility index (Phi) is 5.26. The number of benzene rings is 5. The molecule has 1 aliphatic rings. The van der Waals surface area contributed by atoms with Gasteiger partial charge in [-0.1, -0.05) is 107 Å². The lowest BCUT2D eigenvalue weighted by Crippen LogP contribution is -2.17. The number of para-hydroxylation sites is 2. The van der Waals surface area contributed by atoms with Crippen molar-refractivity contribution in [2.75, 3.05) is 4.90 Å². The van der Waals surface area contributed by atoms with Gasteiger partial charge in [-0.05, 0) is 81.3 Å². The van der Waals surface area contributed by atoms with Crippen LogP contribution in [0.3, 0.4) is 0 Å². The molecule has 0 spiro atoms. The molecule has 0 aromatic heterocycles. The van der Waals surface area contributed by atoms with Crippen LogP contribution in [0.25, 0.3) is 21.9 Å². The molecule has 0 saturated heterocycles. The first-order valence-electron chi connectivity index (χ1n) is 12.9. The highest BCUT2D eigenvalue weighted by atomic mass is 15.1. The number of anilines is 3.